The van der Waals surface area contributed by atoms with E-state index in [0.29, 0.717) is 12.0 Å². The van der Waals surface area contributed by atoms with Crippen molar-refractivity contribution in [1.29, 1.82) is 0 Å². The summed E-state index contributed by atoms with van der Waals surface area (Å²) in [6, 6.07) is 6.69. The molecule has 0 aliphatic carbocycles. The molecule has 3 nitrogen and oxygen atoms in total. The zero-order valence-electron chi connectivity index (χ0n) is 10.2. The standard InChI is InChI=1S/C13H19N3/c1-4-10(5-2)16-11-8-6-7-9(3)12(11)15-13(16)14/h6-8,10H,4-5H2,1-3H3,(H2,14,15). The van der Waals surface area contributed by atoms with Gasteiger partial charge in [0.25, 0.3) is 0 Å². The van der Waals surface area contributed by atoms with Gasteiger partial charge in [0.05, 0.1) is 11.0 Å². The lowest BCUT2D eigenvalue weighted by Gasteiger charge is -2.16. The Morgan fingerprint density at radius 2 is 2.00 bits per heavy atom. The van der Waals surface area contributed by atoms with Crippen LogP contribution in [0.25, 0.3) is 11.0 Å². The summed E-state index contributed by atoms with van der Waals surface area (Å²) in [4.78, 5) is 4.47. The van der Waals surface area contributed by atoms with E-state index in [1.807, 2.05) is 0 Å². The SMILES string of the molecule is CCC(CC)n1c(N)nc2c(C)cccc21. The van der Waals surface area contributed by atoms with Gasteiger partial charge in [-0.05, 0) is 31.4 Å². The zero-order chi connectivity index (χ0) is 11.7. The van der Waals surface area contributed by atoms with E-state index in [4.69, 9.17) is 5.73 Å². The molecule has 16 heavy (non-hydrogen) atoms. The van der Waals surface area contributed by atoms with Crippen molar-refractivity contribution in [3.05, 3.63) is 23.8 Å². The van der Waals surface area contributed by atoms with Crippen molar-refractivity contribution in [3.63, 3.8) is 0 Å². The fraction of sp³-hybridized carbons (Fsp3) is 0.462. The highest BCUT2D eigenvalue weighted by molar-refractivity contribution is 5.81. The molecule has 0 aliphatic rings. The van der Waals surface area contributed by atoms with Crippen molar-refractivity contribution in [2.24, 2.45) is 0 Å². The first-order chi connectivity index (χ1) is 7.69. The maximum Gasteiger partial charge on any atom is 0.201 e. The Kier molecular flexibility index (Phi) is 2.86. The van der Waals surface area contributed by atoms with Gasteiger partial charge < -0.3 is 10.3 Å². The Morgan fingerprint density at radius 1 is 1.31 bits per heavy atom. The van der Waals surface area contributed by atoms with Crippen LogP contribution in [0.15, 0.2) is 18.2 Å². The fourth-order valence-corrected chi connectivity index (χ4v) is 2.31. The largest absolute Gasteiger partial charge is 0.369 e. The second-order valence-electron chi connectivity index (χ2n) is 4.25. The molecule has 1 aromatic heterocycles. The topological polar surface area (TPSA) is 43.8 Å². The van der Waals surface area contributed by atoms with Crippen molar-refractivity contribution >= 4 is 17.0 Å². The van der Waals surface area contributed by atoms with Crippen LogP contribution in [0.4, 0.5) is 5.95 Å². The molecule has 0 aliphatic heterocycles. The van der Waals surface area contributed by atoms with E-state index >= 15 is 0 Å². The number of hydrogen-bond acceptors (Lipinski definition) is 2. The first-order valence-corrected chi connectivity index (χ1v) is 5.92. The van der Waals surface area contributed by atoms with Crippen LogP contribution in [-0.4, -0.2) is 9.55 Å². The Balaban J connectivity index is 2.69. The van der Waals surface area contributed by atoms with Crippen molar-refractivity contribution in [3.8, 4) is 0 Å². The third-order valence-electron chi connectivity index (χ3n) is 3.26. The predicted molar refractivity (Wildman–Crippen MR) is 68.5 cm³/mol. The molecule has 0 unspecified atom stereocenters. The van der Waals surface area contributed by atoms with Crippen LogP contribution >= 0.6 is 0 Å². The predicted octanol–water partition coefficient (Wildman–Crippen LogP) is 3.29. The summed E-state index contributed by atoms with van der Waals surface area (Å²) in [5.74, 6) is 0.637. The number of benzene rings is 1. The second kappa shape index (κ2) is 4.16. The molecule has 0 bridgehead atoms. The molecule has 86 valence electrons. The maximum atomic E-state index is 6.03. The van der Waals surface area contributed by atoms with Crippen molar-refractivity contribution in [2.45, 2.75) is 39.7 Å². The van der Waals surface area contributed by atoms with Crippen LogP contribution in [-0.2, 0) is 0 Å². The Labute approximate surface area is 96.3 Å². The molecular weight excluding hydrogens is 198 g/mol. The number of fused-ring (bicyclic) bond motifs is 1. The van der Waals surface area contributed by atoms with E-state index < -0.39 is 0 Å². The number of nitrogens with zero attached hydrogens (tertiary/aromatic N) is 2. The lowest BCUT2D eigenvalue weighted by Crippen LogP contribution is -2.10. The highest BCUT2D eigenvalue weighted by Crippen LogP contribution is 2.27. The van der Waals surface area contributed by atoms with E-state index in [9.17, 15) is 0 Å². The lowest BCUT2D eigenvalue weighted by atomic mass is 10.1. The van der Waals surface area contributed by atoms with Gasteiger partial charge in [-0.2, -0.15) is 0 Å². The number of imidazole rings is 1. The zero-order valence-corrected chi connectivity index (χ0v) is 10.2. The lowest BCUT2D eigenvalue weighted by molar-refractivity contribution is 0.489. The number of nitrogens with two attached hydrogens (primary N) is 1. The average molecular weight is 217 g/mol. The van der Waals surface area contributed by atoms with Gasteiger partial charge in [-0.3, -0.25) is 0 Å². The third kappa shape index (κ3) is 1.56. The minimum absolute atomic E-state index is 0.451. The first kappa shape index (κ1) is 11.0. The second-order valence-corrected chi connectivity index (χ2v) is 4.25. The minimum atomic E-state index is 0.451. The van der Waals surface area contributed by atoms with Crippen LogP contribution in [0.3, 0.4) is 0 Å². The molecule has 0 amide bonds. The Hall–Kier alpha value is -1.51. The molecule has 3 heteroatoms. The summed E-state index contributed by atoms with van der Waals surface area (Å²) in [5, 5.41) is 0. The molecule has 0 saturated heterocycles. The molecule has 2 N–H and O–H groups in total. The Bertz CT molecular complexity index is 495. The van der Waals surface area contributed by atoms with Crippen molar-refractivity contribution in [2.75, 3.05) is 5.73 Å². The van der Waals surface area contributed by atoms with Crippen LogP contribution in [0.5, 0.6) is 0 Å². The molecule has 0 atom stereocenters. The average Bonchev–Trinajstić information content (AvgIpc) is 2.60. The summed E-state index contributed by atoms with van der Waals surface area (Å²) in [6.45, 7) is 6.45. The van der Waals surface area contributed by atoms with Gasteiger partial charge in [-0.15, -0.1) is 0 Å². The van der Waals surface area contributed by atoms with E-state index in [1.54, 1.807) is 0 Å². The summed E-state index contributed by atoms with van der Waals surface area (Å²) >= 11 is 0. The molecule has 0 fully saturated rings. The van der Waals surface area contributed by atoms with Gasteiger partial charge in [0, 0.05) is 6.04 Å². The van der Waals surface area contributed by atoms with Gasteiger partial charge in [0.15, 0.2) is 0 Å². The number of nitrogen functional groups attached to an aromatic ring is 1. The van der Waals surface area contributed by atoms with Gasteiger partial charge in [-0.25, -0.2) is 4.98 Å². The van der Waals surface area contributed by atoms with Crippen LogP contribution in [0, 0.1) is 6.92 Å². The summed E-state index contributed by atoms with van der Waals surface area (Å²) in [5.41, 5.74) is 9.41. The molecular formula is C13H19N3. The van der Waals surface area contributed by atoms with Gasteiger partial charge in [0.2, 0.25) is 5.95 Å². The van der Waals surface area contributed by atoms with Crippen LogP contribution in [0.1, 0.15) is 38.3 Å². The number of para-hydroxylation sites is 1. The molecule has 1 aromatic carbocycles. The molecule has 1 heterocycles. The van der Waals surface area contributed by atoms with Gasteiger partial charge in [0.1, 0.15) is 0 Å². The minimum Gasteiger partial charge on any atom is -0.369 e. The summed E-state index contributed by atoms with van der Waals surface area (Å²) in [7, 11) is 0. The number of rotatable bonds is 3. The molecule has 0 spiro atoms. The summed E-state index contributed by atoms with van der Waals surface area (Å²) in [6.07, 6.45) is 2.17. The van der Waals surface area contributed by atoms with E-state index in [0.717, 1.165) is 23.9 Å². The highest BCUT2D eigenvalue weighted by atomic mass is 15.2. The molecule has 2 aromatic rings. The number of aryl methyl sites for hydroxylation is 1. The maximum absolute atomic E-state index is 6.03. The Morgan fingerprint density at radius 3 is 2.62 bits per heavy atom. The van der Waals surface area contributed by atoms with E-state index in [1.165, 1.54) is 5.56 Å². The monoisotopic (exact) mass is 217 g/mol. The van der Waals surface area contributed by atoms with Gasteiger partial charge in [-0.1, -0.05) is 26.0 Å². The smallest absolute Gasteiger partial charge is 0.201 e. The fourth-order valence-electron chi connectivity index (χ4n) is 2.31. The quantitative estimate of drug-likeness (QED) is 0.857. The molecule has 0 radical (unpaired) electrons. The van der Waals surface area contributed by atoms with Crippen LogP contribution in [0.2, 0.25) is 0 Å². The van der Waals surface area contributed by atoms with Crippen LogP contribution < -0.4 is 5.73 Å². The van der Waals surface area contributed by atoms with E-state index in [2.05, 4.69) is 48.5 Å². The van der Waals surface area contributed by atoms with E-state index in [-0.39, 0.29) is 0 Å². The molecule has 0 saturated carbocycles. The van der Waals surface area contributed by atoms with Crippen molar-refractivity contribution < 1.29 is 0 Å². The first-order valence-electron chi connectivity index (χ1n) is 5.92. The number of aromatic nitrogens is 2. The van der Waals surface area contributed by atoms with Crippen molar-refractivity contribution in [1.82, 2.24) is 9.55 Å². The number of hydrogen-bond donors (Lipinski definition) is 1. The third-order valence-corrected chi connectivity index (χ3v) is 3.26. The normalized spacial score (nSPS) is 11.5. The summed E-state index contributed by atoms with van der Waals surface area (Å²) < 4.78 is 2.17. The van der Waals surface area contributed by atoms with Gasteiger partial charge >= 0.3 is 0 Å². The molecule has 2 rings (SSSR count). The highest BCUT2D eigenvalue weighted by Gasteiger charge is 2.15. The number of anilines is 1.